The molecule has 0 radical (unpaired) electrons. The minimum absolute atomic E-state index is 0.0433. The third-order valence-electron chi connectivity index (χ3n) is 4.20. The van der Waals surface area contributed by atoms with Crippen molar-refractivity contribution in [2.24, 2.45) is 0 Å². The first-order chi connectivity index (χ1) is 10.2. The Hall–Kier alpha value is -1.56. The lowest BCUT2D eigenvalue weighted by Gasteiger charge is -2.24. The number of carbonyl (C=O) groups excluding carboxylic acids is 1. The Bertz CT molecular complexity index is 667. The number of nitrogens with zero attached hydrogens (tertiary/aromatic N) is 1. The zero-order valence-corrected chi connectivity index (χ0v) is 14.3. The van der Waals surface area contributed by atoms with E-state index >= 15 is 0 Å². The lowest BCUT2D eigenvalue weighted by atomic mass is 10.00. The van der Waals surface area contributed by atoms with Crippen LogP contribution < -0.4 is 4.74 Å². The van der Waals surface area contributed by atoms with Crippen LogP contribution in [0.2, 0.25) is 0 Å². The van der Waals surface area contributed by atoms with E-state index in [1.165, 1.54) is 12.0 Å². The van der Waals surface area contributed by atoms with E-state index in [0.29, 0.717) is 23.7 Å². The van der Waals surface area contributed by atoms with Gasteiger partial charge in [0.15, 0.2) is 9.84 Å². The molecule has 0 spiro atoms. The van der Waals surface area contributed by atoms with E-state index in [-0.39, 0.29) is 23.5 Å². The van der Waals surface area contributed by atoms with Crippen LogP contribution in [0.4, 0.5) is 0 Å². The van der Waals surface area contributed by atoms with E-state index in [1.807, 2.05) is 12.1 Å². The van der Waals surface area contributed by atoms with E-state index in [2.05, 4.69) is 13.8 Å². The molecule has 6 heteroatoms. The van der Waals surface area contributed by atoms with Gasteiger partial charge in [0.05, 0.1) is 24.2 Å². The molecule has 1 amide bonds. The highest BCUT2D eigenvalue weighted by Gasteiger charge is 2.33. The molecular weight excluding hydrogens is 302 g/mol. The molecule has 0 bridgehead atoms. The van der Waals surface area contributed by atoms with Gasteiger partial charge in [0.1, 0.15) is 5.75 Å². The maximum absolute atomic E-state index is 12.7. The molecule has 0 aliphatic carbocycles. The summed E-state index contributed by atoms with van der Waals surface area (Å²) in [4.78, 5) is 14.2. The normalized spacial score (nSPS) is 20.1. The van der Waals surface area contributed by atoms with Crippen molar-refractivity contribution in [2.75, 3.05) is 25.7 Å². The molecule has 2 rings (SSSR count). The van der Waals surface area contributed by atoms with Gasteiger partial charge in [-0.15, -0.1) is 0 Å². The second-order valence-corrected chi connectivity index (χ2v) is 8.32. The molecule has 1 heterocycles. The van der Waals surface area contributed by atoms with Gasteiger partial charge in [-0.25, -0.2) is 8.42 Å². The van der Waals surface area contributed by atoms with Crippen LogP contribution in [0.5, 0.6) is 5.75 Å². The summed E-state index contributed by atoms with van der Waals surface area (Å²) >= 11 is 0. The molecule has 1 aliphatic rings. The Kier molecular flexibility index (Phi) is 4.80. The lowest BCUT2D eigenvalue weighted by molar-refractivity contribution is 0.0744. The van der Waals surface area contributed by atoms with Gasteiger partial charge in [-0.05, 0) is 30.0 Å². The van der Waals surface area contributed by atoms with Gasteiger partial charge in [0, 0.05) is 13.1 Å². The molecule has 22 heavy (non-hydrogen) atoms. The van der Waals surface area contributed by atoms with Crippen molar-refractivity contribution in [1.29, 1.82) is 0 Å². The average Bonchev–Trinajstić information content (AvgIpc) is 2.85. The number of benzene rings is 1. The molecule has 5 nitrogen and oxygen atoms in total. The zero-order valence-electron chi connectivity index (χ0n) is 13.5. The quantitative estimate of drug-likeness (QED) is 0.850. The fourth-order valence-corrected chi connectivity index (χ4v) is 4.45. The predicted molar refractivity (Wildman–Crippen MR) is 86.2 cm³/mol. The van der Waals surface area contributed by atoms with Gasteiger partial charge >= 0.3 is 0 Å². The third kappa shape index (κ3) is 3.43. The molecule has 0 saturated carbocycles. The van der Waals surface area contributed by atoms with Crippen LogP contribution in [-0.2, 0) is 9.84 Å². The molecule has 0 aromatic heterocycles. The summed E-state index contributed by atoms with van der Waals surface area (Å²) < 4.78 is 28.5. The molecule has 1 saturated heterocycles. The number of ether oxygens (including phenoxy) is 1. The molecule has 1 unspecified atom stereocenters. The minimum Gasteiger partial charge on any atom is -0.496 e. The highest BCUT2D eigenvalue weighted by molar-refractivity contribution is 7.91. The molecule has 122 valence electrons. The van der Waals surface area contributed by atoms with Crippen molar-refractivity contribution in [2.45, 2.75) is 32.2 Å². The standard InChI is InChI=1S/C16H23NO4S/c1-11(2)12-5-6-14(15(9-12)21-4)16(18)17(3)13-7-8-22(19,20)10-13/h5-6,9,11,13H,7-8,10H2,1-4H3. The van der Waals surface area contributed by atoms with E-state index in [4.69, 9.17) is 4.74 Å². The van der Waals surface area contributed by atoms with Crippen molar-refractivity contribution in [3.63, 3.8) is 0 Å². The monoisotopic (exact) mass is 325 g/mol. The molecule has 1 atom stereocenters. The summed E-state index contributed by atoms with van der Waals surface area (Å²) in [6.45, 7) is 4.15. The number of amides is 1. The van der Waals surface area contributed by atoms with Crippen molar-refractivity contribution in [1.82, 2.24) is 4.90 Å². The predicted octanol–water partition coefficient (Wildman–Crippen LogP) is 2.08. The van der Waals surface area contributed by atoms with Gasteiger partial charge in [-0.1, -0.05) is 19.9 Å². The van der Waals surface area contributed by atoms with Gasteiger partial charge < -0.3 is 9.64 Å². The smallest absolute Gasteiger partial charge is 0.257 e. The molecule has 1 aliphatic heterocycles. The maximum Gasteiger partial charge on any atom is 0.257 e. The summed E-state index contributed by atoms with van der Waals surface area (Å²) in [7, 11) is 0.179. The second-order valence-electron chi connectivity index (χ2n) is 6.09. The molecule has 1 fully saturated rings. The maximum atomic E-state index is 12.7. The fraction of sp³-hybridized carbons (Fsp3) is 0.562. The van der Waals surface area contributed by atoms with Crippen LogP contribution in [0.25, 0.3) is 0 Å². The lowest BCUT2D eigenvalue weighted by Crippen LogP contribution is -2.38. The van der Waals surface area contributed by atoms with Crippen molar-refractivity contribution >= 4 is 15.7 Å². The van der Waals surface area contributed by atoms with Gasteiger partial charge in [-0.3, -0.25) is 4.79 Å². The van der Waals surface area contributed by atoms with Crippen LogP contribution >= 0.6 is 0 Å². The highest BCUT2D eigenvalue weighted by Crippen LogP contribution is 2.27. The Morgan fingerprint density at radius 1 is 1.36 bits per heavy atom. The number of hydrogen-bond donors (Lipinski definition) is 0. The molecule has 1 aromatic carbocycles. The van der Waals surface area contributed by atoms with Crippen LogP contribution in [0, 0.1) is 0 Å². The number of sulfone groups is 1. The average molecular weight is 325 g/mol. The van der Waals surface area contributed by atoms with Crippen molar-refractivity contribution < 1.29 is 17.9 Å². The van der Waals surface area contributed by atoms with Crippen LogP contribution in [-0.4, -0.2) is 50.9 Å². The second kappa shape index (κ2) is 6.28. The van der Waals surface area contributed by atoms with E-state index < -0.39 is 9.84 Å². The summed E-state index contributed by atoms with van der Waals surface area (Å²) in [5.41, 5.74) is 1.57. The highest BCUT2D eigenvalue weighted by atomic mass is 32.2. The van der Waals surface area contributed by atoms with Crippen LogP contribution in [0.3, 0.4) is 0 Å². The van der Waals surface area contributed by atoms with Crippen LogP contribution in [0.1, 0.15) is 42.1 Å². The van der Waals surface area contributed by atoms with Gasteiger partial charge in [0.25, 0.3) is 5.91 Å². The fourth-order valence-electron chi connectivity index (χ4n) is 2.68. The van der Waals surface area contributed by atoms with E-state index in [0.717, 1.165) is 5.56 Å². The molecular formula is C16H23NO4S. The first kappa shape index (κ1) is 16.8. The van der Waals surface area contributed by atoms with Crippen LogP contribution in [0.15, 0.2) is 18.2 Å². The SMILES string of the molecule is COc1cc(C(C)C)ccc1C(=O)N(C)C1CCS(=O)(=O)C1. The number of carbonyl (C=O) groups is 1. The number of methoxy groups -OCH3 is 1. The first-order valence-corrected chi connectivity index (χ1v) is 9.23. The Balaban J connectivity index is 2.25. The zero-order chi connectivity index (χ0) is 16.5. The van der Waals surface area contributed by atoms with Crippen molar-refractivity contribution in [3.05, 3.63) is 29.3 Å². The largest absolute Gasteiger partial charge is 0.496 e. The Morgan fingerprint density at radius 3 is 2.55 bits per heavy atom. The van der Waals surface area contributed by atoms with E-state index in [1.54, 1.807) is 13.1 Å². The van der Waals surface area contributed by atoms with Crippen molar-refractivity contribution in [3.8, 4) is 5.75 Å². The first-order valence-electron chi connectivity index (χ1n) is 7.40. The number of rotatable bonds is 4. The molecule has 0 N–H and O–H groups in total. The summed E-state index contributed by atoms with van der Waals surface area (Å²) in [5, 5.41) is 0. The summed E-state index contributed by atoms with van der Waals surface area (Å²) in [6.07, 6.45) is 0.497. The Labute approximate surface area is 132 Å². The minimum atomic E-state index is -3.01. The Morgan fingerprint density at radius 2 is 2.05 bits per heavy atom. The third-order valence-corrected chi connectivity index (χ3v) is 5.95. The molecule has 1 aromatic rings. The van der Waals surface area contributed by atoms with Gasteiger partial charge in [0.2, 0.25) is 0 Å². The summed E-state index contributed by atoms with van der Waals surface area (Å²) in [5.74, 6) is 0.870. The number of hydrogen-bond acceptors (Lipinski definition) is 4. The van der Waals surface area contributed by atoms with E-state index in [9.17, 15) is 13.2 Å². The van der Waals surface area contributed by atoms with Gasteiger partial charge in [-0.2, -0.15) is 0 Å². The summed E-state index contributed by atoms with van der Waals surface area (Å²) in [6, 6.07) is 5.29. The topological polar surface area (TPSA) is 63.7 Å².